The topological polar surface area (TPSA) is 101 Å². The summed E-state index contributed by atoms with van der Waals surface area (Å²) in [5, 5.41) is 3.57. The lowest BCUT2D eigenvalue weighted by Crippen LogP contribution is -2.33. The highest BCUT2D eigenvalue weighted by Crippen LogP contribution is 2.25. The third-order valence-corrected chi connectivity index (χ3v) is 3.77. The van der Waals surface area contributed by atoms with Crippen molar-refractivity contribution in [3.05, 3.63) is 47.4 Å². The predicted molar refractivity (Wildman–Crippen MR) is 86.4 cm³/mol. The van der Waals surface area contributed by atoms with Gasteiger partial charge >= 0.3 is 0 Å². The number of benzene rings is 1. The molecule has 0 radical (unpaired) electrons. The molecule has 118 valence electrons. The molecule has 3 rings (SSSR count). The van der Waals surface area contributed by atoms with Crippen molar-refractivity contribution in [2.75, 3.05) is 16.8 Å². The zero-order chi connectivity index (χ0) is 16.4. The molecule has 0 bridgehead atoms. The van der Waals surface area contributed by atoms with Crippen LogP contribution in [0.15, 0.2) is 36.7 Å². The van der Waals surface area contributed by atoms with Crippen LogP contribution in [0.25, 0.3) is 0 Å². The molecule has 1 aliphatic heterocycles. The number of nitrogens with two attached hydrogens (primary N) is 1. The highest BCUT2D eigenvalue weighted by molar-refractivity contribution is 6.31. The molecule has 1 fully saturated rings. The van der Waals surface area contributed by atoms with E-state index in [2.05, 4.69) is 15.3 Å². The van der Waals surface area contributed by atoms with Gasteiger partial charge in [0.15, 0.2) is 0 Å². The third-order valence-electron chi connectivity index (χ3n) is 3.53. The summed E-state index contributed by atoms with van der Waals surface area (Å²) >= 11 is 5.97. The van der Waals surface area contributed by atoms with Gasteiger partial charge in [0.1, 0.15) is 17.6 Å². The Balaban J connectivity index is 1.75. The summed E-state index contributed by atoms with van der Waals surface area (Å²) < 4.78 is 0. The average Bonchev–Trinajstić information content (AvgIpc) is 2.88. The van der Waals surface area contributed by atoms with Crippen LogP contribution in [0.2, 0.25) is 5.02 Å². The monoisotopic (exact) mass is 331 g/mol. The van der Waals surface area contributed by atoms with Crippen LogP contribution in [0.4, 0.5) is 11.5 Å². The molecule has 0 aliphatic carbocycles. The SMILES string of the molecule is NC(=O)c1cncc(NC2CCN(c3cccc(Cl)c3)C2=O)n1. The van der Waals surface area contributed by atoms with Gasteiger partial charge in [-0.2, -0.15) is 0 Å². The lowest BCUT2D eigenvalue weighted by Gasteiger charge is -2.17. The van der Waals surface area contributed by atoms with E-state index in [-0.39, 0.29) is 11.6 Å². The number of carbonyl (C=O) groups excluding carboxylic acids is 2. The summed E-state index contributed by atoms with van der Waals surface area (Å²) in [5.41, 5.74) is 5.98. The molecular weight excluding hydrogens is 318 g/mol. The van der Waals surface area contributed by atoms with E-state index in [9.17, 15) is 9.59 Å². The molecule has 1 atom stereocenters. The third kappa shape index (κ3) is 3.24. The van der Waals surface area contributed by atoms with Crippen molar-refractivity contribution >= 4 is 34.9 Å². The first-order valence-corrected chi connectivity index (χ1v) is 7.38. The number of rotatable bonds is 4. The van der Waals surface area contributed by atoms with Gasteiger partial charge in [0.2, 0.25) is 5.91 Å². The van der Waals surface area contributed by atoms with Gasteiger partial charge in [0.25, 0.3) is 5.91 Å². The van der Waals surface area contributed by atoms with Crippen LogP contribution in [0.1, 0.15) is 16.9 Å². The van der Waals surface area contributed by atoms with Crippen molar-refractivity contribution in [2.45, 2.75) is 12.5 Å². The van der Waals surface area contributed by atoms with E-state index < -0.39 is 11.9 Å². The normalized spacial score (nSPS) is 17.3. The molecule has 1 aromatic heterocycles. The van der Waals surface area contributed by atoms with Crippen molar-refractivity contribution in [1.82, 2.24) is 9.97 Å². The maximum atomic E-state index is 12.5. The fourth-order valence-corrected chi connectivity index (χ4v) is 2.63. The standard InChI is InChI=1S/C15H14ClN5O2/c16-9-2-1-3-10(6-9)21-5-4-11(15(21)23)19-13-8-18-7-12(20-13)14(17)22/h1-3,6-8,11H,4-5H2,(H2,17,22)(H,19,20). The highest BCUT2D eigenvalue weighted by Gasteiger charge is 2.32. The molecule has 1 aromatic carbocycles. The van der Waals surface area contributed by atoms with Gasteiger partial charge < -0.3 is 16.0 Å². The number of primary amides is 1. The van der Waals surface area contributed by atoms with Gasteiger partial charge in [-0.1, -0.05) is 17.7 Å². The van der Waals surface area contributed by atoms with E-state index in [0.717, 1.165) is 5.69 Å². The van der Waals surface area contributed by atoms with E-state index in [1.807, 2.05) is 6.07 Å². The Morgan fingerprint density at radius 1 is 1.39 bits per heavy atom. The van der Waals surface area contributed by atoms with E-state index >= 15 is 0 Å². The highest BCUT2D eigenvalue weighted by atomic mass is 35.5. The van der Waals surface area contributed by atoms with Crippen molar-refractivity contribution < 1.29 is 9.59 Å². The minimum atomic E-state index is -0.667. The Morgan fingerprint density at radius 2 is 2.22 bits per heavy atom. The van der Waals surface area contributed by atoms with E-state index in [0.29, 0.717) is 23.8 Å². The molecular formula is C15H14ClN5O2. The molecule has 1 saturated heterocycles. The zero-order valence-corrected chi connectivity index (χ0v) is 12.8. The van der Waals surface area contributed by atoms with Crippen LogP contribution >= 0.6 is 11.6 Å². The number of aromatic nitrogens is 2. The number of anilines is 2. The van der Waals surface area contributed by atoms with Crippen LogP contribution in [0, 0.1) is 0 Å². The first-order chi connectivity index (χ1) is 11.0. The van der Waals surface area contributed by atoms with Crippen molar-refractivity contribution in [3.63, 3.8) is 0 Å². The molecule has 0 saturated carbocycles. The largest absolute Gasteiger partial charge is 0.364 e. The van der Waals surface area contributed by atoms with Crippen LogP contribution in [0.3, 0.4) is 0 Å². The number of hydrogen-bond acceptors (Lipinski definition) is 5. The zero-order valence-electron chi connectivity index (χ0n) is 12.1. The smallest absolute Gasteiger partial charge is 0.268 e. The first-order valence-electron chi connectivity index (χ1n) is 7.00. The number of nitrogens with one attached hydrogen (secondary N) is 1. The Bertz CT molecular complexity index is 767. The van der Waals surface area contributed by atoms with Crippen molar-refractivity contribution in [3.8, 4) is 0 Å². The minimum absolute atomic E-state index is 0.0483. The van der Waals surface area contributed by atoms with Gasteiger partial charge in [0, 0.05) is 17.3 Å². The lowest BCUT2D eigenvalue weighted by molar-refractivity contribution is -0.117. The minimum Gasteiger partial charge on any atom is -0.364 e. The average molecular weight is 332 g/mol. The predicted octanol–water partition coefficient (Wildman–Crippen LogP) is 1.45. The van der Waals surface area contributed by atoms with E-state index in [1.54, 1.807) is 23.1 Å². The number of hydrogen-bond donors (Lipinski definition) is 2. The van der Waals surface area contributed by atoms with Crippen LogP contribution in [0.5, 0.6) is 0 Å². The quantitative estimate of drug-likeness (QED) is 0.883. The van der Waals surface area contributed by atoms with Gasteiger partial charge in [-0.15, -0.1) is 0 Å². The fraction of sp³-hybridized carbons (Fsp3) is 0.200. The van der Waals surface area contributed by atoms with Gasteiger partial charge in [-0.25, -0.2) is 4.98 Å². The van der Waals surface area contributed by atoms with E-state index in [4.69, 9.17) is 17.3 Å². The molecule has 1 aliphatic rings. The number of amides is 2. The summed E-state index contributed by atoms with van der Waals surface area (Å²) in [7, 11) is 0. The fourth-order valence-electron chi connectivity index (χ4n) is 2.45. The summed E-state index contributed by atoms with van der Waals surface area (Å²) in [4.78, 5) is 33.2. The summed E-state index contributed by atoms with van der Waals surface area (Å²) in [6.07, 6.45) is 3.33. The van der Waals surface area contributed by atoms with E-state index in [1.165, 1.54) is 12.4 Å². The summed E-state index contributed by atoms with van der Waals surface area (Å²) in [5.74, 6) is -0.411. The molecule has 3 N–H and O–H groups in total. The molecule has 7 nitrogen and oxygen atoms in total. The van der Waals surface area contributed by atoms with Crippen LogP contribution in [-0.4, -0.2) is 34.4 Å². The Labute approximate surface area is 137 Å². The molecule has 1 unspecified atom stereocenters. The van der Waals surface area contributed by atoms with Gasteiger partial charge in [-0.05, 0) is 24.6 Å². The first kappa shape index (κ1) is 15.2. The molecule has 0 spiro atoms. The Kier molecular flexibility index (Phi) is 4.12. The summed E-state index contributed by atoms with van der Waals surface area (Å²) in [6, 6.07) is 6.70. The van der Waals surface area contributed by atoms with Crippen LogP contribution in [-0.2, 0) is 4.79 Å². The number of nitrogens with zero attached hydrogens (tertiary/aromatic N) is 3. The van der Waals surface area contributed by atoms with Gasteiger partial charge in [-0.3, -0.25) is 14.6 Å². The summed E-state index contributed by atoms with van der Waals surface area (Å²) in [6.45, 7) is 0.569. The molecule has 8 heteroatoms. The molecule has 23 heavy (non-hydrogen) atoms. The van der Waals surface area contributed by atoms with Crippen molar-refractivity contribution in [2.24, 2.45) is 5.73 Å². The second kappa shape index (κ2) is 6.21. The van der Waals surface area contributed by atoms with Gasteiger partial charge in [0.05, 0.1) is 12.4 Å². The van der Waals surface area contributed by atoms with Crippen LogP contribution < -0.4 is 16.0 Å². The van der Waals surface area contributed by atoms with Crippen molar-refractivity contribution in [1.29, 1.82) is 0 Å². The second-order valence-electron chi connectivity index (χ2n) is 5.11. The number of halogens is 1. The molecule has 2 heterocycles. The number of carbonyl (C=O) groups is 2. The maximum Gasteiger partial charge on any atom is 0.268 e. The maximum absolute atomic E-state index is 12.5. The molecule has 2 aromatic rings. The lowest BCUT2D eigenvalue weighted by atomic mass is 10.2. The Hall–Kier alpha value is -2.67. The molecule has 2 amide bonds. The Morgan fingerprint density at radius 3 is 2.96 bits per heavy atom. The second-order valence-corrected chi connectivity index (χ2v) is 5.55.